The molecule has 1 aliphatic carbocycles. The van der Waals surface area contributed by atoms with E-state index >= 15 is 0 Å². The Morgan fingerprint density at radius 2 is 1.88 bits per heavy atom. The highest BCUT2D eigenvalue weighted by Gasteiger charge is 2.32. The van der Waals surface area contributed by atoms with E-state index in [0.717, 1.165) is 35.8 Å². The number of carbonyl (C=O) groups excluding carboxylic acids is 1. The molecule has 1 aliphatic heterocycles. The smallest absolute Gasteiger partial charge is 0.319 e. The number of nitrogens with one attached hydrogen (secondary N) is 1. The van der Waals surface area contributed by atoms with Crippen molar-refractivity contribution in [1.29, 1.82) is 0 Å². The molecule has 10 heteroatoms. The minimum atomic E-state index is -3.58. The second-order valence-corrected chi connectivity index (χ2v) is 10.3. The van der Waals surface area contributed by atoms with Gasteiger partial charge in [-0.3, -0.25) is 9.36 Å². The van der Waals surface area contributed by atoms with Gasteiger partial charge in [0.15, 0.2) is 0 Å². The van der Waals surface area contributed by atoms with Crippen molar-refractivity contribution >= 4 is 15.9 Å². The van der Waals surface area contributed by atoms with Gasteiger partial charge in [-0.2, -0.15) is 13.1 Å². The molecule has 0 atom stereocenters. The number of halogens is 2. The van der Waals surface area contributed by atoms with Gasteiger partial charge in [0, 0.05) is 44.4 Å². The molecule has 2 aromatic rings. The van der Waals surface area contributed by atoms with Gasteiger partial charge in [0.1, 0.15) is 5.82 Å². The molecule has 1 aromatic heterocycles. The SMILES string of the molecule is O=C(NCCc1nccn1C(F)F)C1CCN(S(=O)(=O)c2ccc3c(c2)CCCC3)CC1. The van der Waals surface area contributed by atoms with Gasteiger partial charge in [-0.15, -0.1) is 0 Å². The highest BCUT2D eigenvalue weighted by atomic mass is 32.2. The summed E-state index contributed by atoms with van der Waals surface area (Å²) in [5.74, 6) is -0.253. The summed E-state index contributed by atoms with van der Waals surface area (Å²) in [6.45, 7) is -1.89. The molecular weight excluding hydrogens is 438 g/mol. The number of sulfonamides is 1. The maximum atomic E-state index is 13.1. The Kier molecular flexibility index (Phi) is 6.90. The zero-order valence-corrected chi connectivity index (χ0v) is 18.7. The largest absolute Gasteiger partial charge is 0.355 e. The normalized spacial score (nSPS) is 18.0. The Labute approximate surface area is 186 Å². The van der Waals surface area contributed by atoms with E-state index in [9.17, 15) is 22.0 Å². The first-order valence-electron chi connectivity index (χ1n) is 11.1. The van der Waals surface area contributed by atoms with Gasteiger partial charge in [0.25, 0.3) is 0 Å². The maximum Gasteiger partial charge on any atom is 0.319 e. The summed E-state index contributed by atoms with van der Waals surface area (Å²) in [5, 5.41) is 2.77. The summed E-state index contributed by atoms with van der Waals surface area (Å²) >= 11 is 0. The van der Waals surface area contributed by atoms with Crippen LogP contribution in [-0.4, -0.2) is 47.8 Å². The minimum Gasteiger partial charge on any atom is -0.355 e. The number of amides is 1. The highest BCUT2D eigenvalue weighted by molar-refractivity contribution is 7.89. The standard InChI is InChI=1S/C22H28F2N4O3S/c23-22(24)28-14-11-25-20(28)7-10-26-21(29)17-8-12-27(13-9-17)32(30,31)19-6-5-16-3-1-2-4-18(16)15-19/h5-6,11,14-15,17,22H,1-4,7-10,12-13H2,(H,26,29). The second kappa shape index (κ2) is 9.66. The highest BCUT2D eigenvalue weighted by Crippen LogP contribution is 2.28. The summed E-state index contributed by atoms with van der Waals surface area (Å²) in [6, 6.07) is 5.44. The van der Waals surface area contributed by atoms with Gasteiger partial charge in [-0.05, 0) is 61.8 Å². The van der Waals surface area contributed by atoms with Crippen molar-refractivity contribution in [2.75, 3.05) is 19.6 Å². The van der Waals surface area contributed by atoms with E-state index in [1.165, 1.54) is 22.3 Å². The van der Waals surface area contributed by atoms with E-state index in [0.29, 0.717) is 17.7 Å². The predicted molar refractivity (Wildman–Crippen MR) is 115 cm³/mol. The molecule has 2 aliphatic rings. The van der Waals surface area contributed by atoms with Crippen LogP contribution in [0.5, 0.6) is 0 Å². The molecule has 0 bridgehead atoms. The number of imidazole rings is 1. The fourth-order valence-electron chi connectivity index (χ4n) is 4.53. The minimum absolute atomic E-state index is 0.175. The molecular formula is C22H28F2N4O3S. The van der Waals surface area contributed by atoms with Crippen molar-refractivity contribution in [2.45, 2.75) is 56.4 Å². The summed E-state index contributed by atoms with van der Waals surface area (Å²) < 4.78 is 54.1. The second-order valence-electron chi connectivity index (χ2n) is 8.39. The zero-order valence-electron chi connectivity index (χ0n) is 17.8. The molecule has 1 amide bonds. The lowest BCUT2D eigenvalue weighted by molar-refractivity contribution is -0.126. The third-order valence-electron chi connectivity index (χ3n) is 6.39. The number of aromatic nitrogens is 2. The van der Waals surface area contributed by atoms with Crippen molar-refractivity contribution in [1.82, 2.24) is 19.2 Å². The number of nitrogens with zero attached hydrogens (tertiary/aromatic N) is 3. The fraction of sp³-hybridized carbons (Fsp3) is 0.545. The van der Waals surface area contributed by atoms with Crippen molar-refractivity contribution in [2.24, 2.45) is 5.92 Å². The number of fused-ring (bicyclic) bond motifs is 1. The fourth-order valence-corrected chi connectivity index (χ4v) is 6.06. The molecule has 174 valence electrons. The van der Waals surface area contributed by atoms with Crippen molar-refractivity contribution in [3.05, 3.63) is 47.5 Å². The van der Waals surface area contributed by atoms with Crippen LogP contribution in [0.15, 0.2) is 35.5 Å². The van der Waals surface area contributed by atoms with Gasteiger partial charge < -0.3 is 5.32 Å². The van der Waals surface area contributed by atoms with Gasteiger partial charge in [-0.25, -0.2) is 13.4 Å². The molecule has 2 heterocycles. The van der Waals surface area contributed by atoms with Crippen LogP contribution < -0.4 is 5.32 Å². The van der Waals surface area contributed by atoms with Gasteiger partial charge in [-0.1, -0.05) is 6.07 Å². The topological polar surface area (TPSA) is 84.3 Å². The monoisotopic (exact) mass is 466 g/mol. The molecule has 7 nitrogen and oxygen atoms in total. The molecule has 0 spiro atoms. The van der Waals surface area contributed by atoms with Crippen LogP contribution in [0.3, 0.4) is 0 Å². The van der Waals surface area contributed by atoms with Crippen LogP contribution in [0.25, 0.3) is 0 Å². The number of piperidine rings is 1. The molecule has 0 radical (unpaired) electrons. The number of hydrogen-bond donors (Lipinski definition) is 1. The van der Waals surface area contributed by atoms with E-state index in [-0.39, 0.29) is 43.7 Å². The van der Waals surface area contributed by atoms with Crippen LogP contribution in [0.2, 0.25) is 0 Å². The number of aryl methyl sites for hydroxylation is 2. The molecule has 1 N–H and O–H groups in total. The molecule has 0 saturated carbocycles. The average molecular weight is 467 g/mol. The zero-order chi connectivity index (χ0) is 22.7. The molecule has 32 heavy (non-hydrogen) atoms. The predicted octanol–water partition coefficient (Wildman–Crippen LogP) is 2.92. The Bertz CT molecular complexity index is 1060. The first kappa shape index (κ1) is 22.8. The summed E-state index contributed by atoms with van der Waals surface area (Å²) in [5.41, 5.74) is 2.36. The lowest BCUT2D eigenvalue weighted by Crippen LogP contribution is -2.43. The van der Waals surface area contributed by atoms with Crippen LogP contribution in [0, 0.1) is 5.92 Å². The van der Waals surface area contributed by atoms with Crippen LogP contribution >= 0.6 is 0 Å². The number of benzene rings is 1. The first-order chi connectivity index (χ1) is 15.4. The van der Waals surface area contributed by atoms with Crippen molar-refractivity contribution in [3.63, 3.8) is 0 Å². The Balaban J connectivity index is 1.29. The van der Waals surface area contributed by atoms with Crippen molar-refractivity contribution < 1.29 is 22.0 Å². The van der Waals surface area contributed by atoms with E-state index < -0.39 is 16.6 Å². The Morgan fingerprint density at radius 1 is 1.16 bits per heavy atom. The Hall–Kier alpha value is -2.33. The lowest BCUT2D eigenvalue weighted by Gasteiger charge is -2.31. The summed E-state index contributed by atoms with van der Waals surface area (Å²) in [7, 11) is -3.58. The van der Waals surface area contributed by atoms with Crippen molar-refractivity contribution in [3.8, 4) is 0 Å². The number of alkyl halides is 2. The van der Waals surface area contributed by atoms with Crippen LogP contribution in [0.1, 0.15) is 49.2 Å². The average Bonchev–Trinajstić information content (AvgIpc) is 3.27. The van der Waals surface area contributed by atoms with E-state index in [2.05, 4.69) is 10.3 Å². The third-order valence-corrected chi connectivity index (χ3v) is 8.28. The molecule has 1 saturated heterocycles. The summed E-state index contributed by atoms with van der Waals surface area (Å²) in [4.78, 5) is 16.7. The molecule has 4 rings (SSSR count). The Morgan fingerprint density at radius 3 is 2.59 bits per heavy atom. The number of rotatable bonds is 7. The van der Waals surface area contributed by atoms with Gasteiger partial charge >= 0.3 is 6.55 Å². The molecule has 1 fully saturated rings. The molecule has 0 unspecified atom stereocenters. The summed E-state index contributed by atoms with van der Waals surface area (Å²) in [6.07, 6.45) is 7.73. The molecule has 1 aromatic carbocycles. The van der Waals surface area contributed by atoms with E-state index in [4.69, 9.17) is 0 Å². The van der Waals surface area contributed by atoms with Crippen LogP contribution in [0.4, 0.5) is 8.78 Å². The van der Waals surface area contributed by atoms with E-state index in [1.54, 1.807) is 6.07 Å². The third kappa shape index (κ3) is 4.85. The number of hydrogen-bond acceptors (Lipinski definition) is 4. The maximum absolute atomic E-state index is 13.1. The first-order valence-corrected chi connectivity index (χ1v) is 12.5. The van der Waals surface area contributed by atoms with E-state index in [1.807, 2.05) is 12.1 Å². The van der Waals surface area contributed by atoms with Gasteiger partial charge in [0.05, 0.1) is 4.90 Å². The lowest BCUT2D eigenvalue weighted by atomic mass is 9.92. The number of carbonyl (C=O) groups is 1. The quantitative estimate of drug-likeness (QED) is 0.680. The van der Waals surface area contributed by atoms with Gasteiger partial charge in [0.2, 0.25) is 15.9 Å². The van der Waals surface area contributed by atoms with Crippen LogP contribution in [-0.2, 0) is 34.1 Å².